The molecule has 92 valence electrons. The highest BCUT2D eigenvalue weighted by molar-refractivity contribution is 7.12. The Morgan fingerprint density at radius 3 is 2.06 bits per heavy atom. The van der Waals surface area contributed by atoms with Gasteiger partial charge in [-0.25, -0.2) is 4.98 Å². The number of hydrogen-bond donors (Lipinski definition) is 1. The van der Waals surface area contributed by atoms with Gasteiger partial charge in [-0.1, -0.05) is 27.7 Å². The van der Waals surface area contributed by atoms with E-state index in [2.05, 4.69) is 34.6 Å². The zero-order chi connectivity index (χ0) is 12.3. The van der Waals surface area contributed by atoms with E-state index in [0.29, 0.717) is 11.8 Å². The van der Waals surface area contributed by atoms with E-state index >= 15 is 0 Å². The van der Waals surface area contributed by atoms with Crippen molar-refractivity contribution in [3.05, 3.63) is 15.6 Å². The molecule has 0 aromatic carbocycles. The third kappa shape index (κ3) is 2.83. The molecule has 0 amide bonds. The Kier molecular flexibility index (Phi) is 4.93. The molecule has 0 fully saturated rings. The van der Waals surface area contributed by atoms with E-state index in [1.54, 1.807) is 0 Å². The van der Waals surface area contributed by atoms with Crippen molar-refractivity contribution < 1.29 is 0 Å². The van der Waals surface area contributed by atoms with Gasteiger partial charge in [0.1, 0.15) is 0 Å². The van der Waals surface area contributed by atoms with Crippen molar-refractivity contribution in [1.82, 2.24) is 4.98 Å². The molecule has 1 unspecified atom stereocenters. The van der Waals surface area contributed by atoms with Crippen LogP contribution in [0.15, 0.2) is 0 Å². The minimum Gasteiger partial charge on any atom is -0.323 e. The van der Waals surface area contributed by atoms with Crippen LogP contribution in [0.25, 0.3) is 0 Å². The predicted molar refractivity (Wildman–Crippen MR) is 72.1 cm³/mol. The molecular weight excluding hydrogens is 216 g/mol. The van der Waals surface area contributed by atoms with Gasteiger partial charge in [0.25, 0.3) is 0 Å². The molecule has 0 aliphatic rings. The standard InChI is InChI=1S/C13H24N2S/c1-6-10(7-2)13-15-11(8(3)4)12(16-13)9(5)14/h8-10H,6-7,14H2,1-5H3. The summed E-state index contributed by atoms with van der Waals surface area (Å²) >= 11 is 1.82. The van der Waals surface area contributed by atoms with Crippen molar-refractivity contribution in [3.8, 4) is 0 Å². The summed E-state index contributed by atoms with van der Waals surface area (Å²) in [7, 11) is 0. The van der Waals surface area contributed by atoms with Gasteiger partial charge in [-0.3, -0.25) is 0 Å². The van der Waals surface area contributed by atoms with Crippen LogP contribution in [0.2, 0.25) is 0 Å². The van der Waals surface area contributed by atoms with Crippen molar-refractivity contribution in [1.29, 1.82) is 0 Å². The molecule has 0 spiro atoms. The third-order valence-corrected chi connectivity index (χ3v) is 4.43. The Labute approximate surface area is 103 Å². The summed E-state index contributed by atoms with van der Waals surface area (Å²) in [6, 6.07) is 0.109. The normalized spacial score (nSPS) is 13.8. The summed E-state index contributed by atoms with van der Waals surface area (Å²) in [5.41, 5.74) is 7.23. The Hall–Kier alpha value is -0.410. The molecule has 1 heterocycles. The zero-order valence-corrected chi connectivity index (χ0v) is 11.9. The van der Waals surface area contributed by atoms with Crippen LogP contribution in [0, 0.1) is 0 Å². The molecule has 0 saturated carbocycles. The number of aromatic nitrogens is 1. The molecule has 2 N–H and O–H groups in total. The van der Waals surface area contributed by atoms with Gasteiger partial charge < -0.3 is 5.73 Å². The lowest BCUT2D eigenvalue weighted by molar-refractivity contribution is 0.631. The van der Waals surface area contributed by atoms with E-state index < -0.39 is 0 Å². The SMILES string of the molecule is CCC(CC)c1nc(C(C)C)c(C(C)N)s1. The monoisotopic (exact) mass is 240 g/mol. The molecule has 1 rings (SSSR count). The van der Waals surface area contributed by atoms with Gasteiger partial charge in [0, 0.05) is 16.8 Å². The van der Waals surface area contributed by atoms with Crippen molar-refractivity contribution in [2.45, 2.75) is 65.3 Å². The largest absolute Gasteiger partial charge is 0.323 e. The van der Waals surface area contributed by atoms with Crippen LogP contribution < -0.4 is 5.73 Å². The molecule has 0 saturated heterocycles. The average molecular weight is 240 g/mol. The van der Waals surface area contributed by atoms with Crippen molar-refractivity contribution in [2.24, 2.45) is 5.73 Å². The summed E-state index contributed by atoms with van der Waals surface area (Å²) in [6.45, 7) is 10.9. The first-order valence-electron chi connectivity index (χ1n) is 6.27. The van der Waals surface area contributed by atoms with Gasteiger partial charge in [0.2, 0.25) is 0 Å². The minimum atomic E-state index is 0.109. The summed E-state index contributed by atoms with van der Waals surface area (Å²) in [5.74, 6) is 1.08. The molecule has 3 heteroatoms. The lowest BCUT2D eigenvalue weighted by atomic mass is 10.0. The van der Waals surface area contributed by atoms with Gasteiger partial charge in [0.15, 0.2) is 0 Å². The van der Waals surface area contributed by atoms with E-state index in [-0.39, 0.29) is 6.04 Å². The summed E-state index contributed by atoms with van der Waals surface area (Å²) < 4.78 is 0. The van der Waals surface area contributed by atoms with Crippen LogP contribution >= 0.6 is 11.3 Å². The first-order chi connectivity index (χ1) is 7.51. The molecule has 2 nitrogen and oxygen atoms in total. The summed E-state index contributed by atoms with van der Waals surface area (Å²) in [4.78, 5) is 6.09. The van der Waals surface area contributed by atoms with E-state index in [1.165, 1.54) is 28.4 Å². The molecule has 1 aromatic rings. The second-order valence-corrected chi connectivity index (χ2v) is 5.82. The van der Waals surface area contributed by atoms with E-state index in [9.17, 15) is 0 Å². The number of thiazole rings is 1. The number of hydrogen-bond acceptors (Lipinski definition) is 3. The summed E-state index contributed by atoms with van der Waals surface area (Å²) in [5, 5.41) is 1.28. The molecular formula is C13H24N2S. The fourth-order valence-corrected chi connectivity index (χ4v) is 3.36. The molecule has 1 atom stereocenters. The smallest absolute Gasteiger partial charge is 0.0962 e. The zero-order valence-electron chi connectivity index (χ0n) is 11.1. The highest BCUT2D eigenvalue weighted by Gasteiger charge is 2.20. The second-order valence-electron chi connectivity index (χ2n) is 4.76. The van der Waals surface area contributed by atoms with Gasteiger partial charge in [-0.2, -0.15) is 0 Å². The average Bonchev–Trinajstić information content (AvgIpc) is 2.64. The Balaban J connectivity index is 3.10. The van der Waals surface area contributed by atoms with E-state index in [4.69, 9.17) is 10.7 Å². The molecule has 1 aromatic heterocycles. The van der Waals surface area contributed by atoms with E-state index in [0.717, 1.165) is 0 Å². The molecule has 0 aliphatic carbocycles. The number of nitrogens with two attached hydrogens (primary N) is 1. The number of nitrogens with zero attached hydrogens (tertiary/aromatic N) is 1. The topological polar surface area (TPSA) is 38.9 Å². The minimum absolute atomic E-state index is 0.109. The van der Waals surface area contributed by atoms with Gasteiger partial charge >= 0.3 is 0 Å². The van der Waals surface area contributed by atoms with E-state index in [1.807, 2.05) is 11.3 Å². The quantitative estimate of drug-likeness (QED) is 0.838. The lowest BCUT2D eigenvalue weighted by Gasteiger charge is -2.07. The fraction of sp³-hybridized carbons (Fsp3) is 0.769. The summed E-state index contributed by atoms with van der Waals surface area (Å²) in [6.07, 6.45) is 2.33. The molecule has 0 bridgehead atoms. The first-order valence-corrected chi connectivity index (χ1v) is 7.08. The number of rotatable bonds is 5. The Morgan fingerprint density at radius 1 is 1.19 bits per heavy atom. The van der Waals surface area contributed by atoms with Gasteiger partial charge in [-0.05, 0) is 25.7 Å². The van der Waals surface area contributed by atoms with Crippen LogP contribution in [0.4, 0.5) is 0 Å². The van der Waals surface area contributed by atoms with Crippen LogP contribution in [-0.4, -0.2) is 4.98 Å². The maximum Gasteiger partial charge on any atom is 0.0962 e. The van der Waals surface area contributed by atoms with Crippen LogP contribution in [0.3, 0.4) is 0 Å². The van der Waals surface area contributed by atoms with Crippen molar-refractivity contribution >= 4 is 11.3 Å². The third-order valence-electron chi connectivity index (χ3n) is 2.99. The Morgan fingerprint density at radius 2 is 1.75 bits per heavy atom. The van der Waals surface area contributed by atoms with Gasteiger partial charge in [-0.15, -0.1) is 11.3 Å². The maximum atomic E-state index is 6.02. The van der Waals surface area contributed by atoms with Crippen molar-refractivity contribution in [2.75, 3.05) is 0 Å². The van der Waals surface area contributed by atoms with Crippen LogP contribution in [0.1, 0.15) is 80.9 Å². The lowest BCUT2D eigenvalue weighted by Crippen LogP contribution is -2.06. The predicted octanol–water partition coefficient (Wildman–Crippen LogP) is 4.19. The first kappa shape index (κ1) is 13.7. The Bertz CT molecular complexity index is 299. The molecule has 0 radical (unpaired) electrons. The van der Waals surface area contributed by atoms with Crippen LogP contribution in [-0.2, 0) is 0 Å². The second kappa shape index (κ2) is 5.78. The molecule has 16 heavy (non-hydrogen) atoms. The van der Waals surface area contributed by atoms with Crippen LogP contribution in [0.5, 0.6) is 0 Å². The fourth-order valence-electron chi connectivity index (χ4n) is 1.91. The highest BCUT2D eigenvalue weighted by atomic mass is 32.1. The maximum absolute atomic E-state index is 6.02. The highest BCUT2D eigenvalue weighted by Crippen LogP contribution is 2.34. The van der Waals surface area contributed by atoms with Gasteiger partial charge in [0.05, 0.1) is 10.7 Å². The molecule has 0 aliphatic heterocycles. The van der Waals surface area contributed by atoms with Crippen molar-refractivity contribution in [3.63, 3.8) is 0 Å².